The van der Waals surface area contributed by atoms with E-state index >= 15 is 0 Å². The second kappa shape index (κ2) is 8.14. The van der Waals surface area contributed by atoms with Crippen LogP contribution in [0.4, 0.5) is 4.79 Å². The Morgan fingerprint density at radius 2 is 1.71 bits per heavy atom. The lowest BCUT2D eigenvalue weighted by molar-refractivity contribution is -0.132. The van der Waals surface area contributed by atoms with E-state index in [0.717, 1.165) is 0 Å². The third-order valence-electron chi connectivity index (χ3n) is 2.61. The van der Waals surface area contributed by atoms with Crippen molar-refractivity contribution in [2.45, 2.75) is 13.3 Å². The van der Waals surface area contributed by atoms with Gasteiger partial charge >= 0.3 is 6.03 Å². The Morgan fingerprint density at radius 1 is 1.18 bits per heavy atom. The molecule has 1 heterocycles. The van der Waals surface area contributed by atoms with Crippen molar-refractivity contribution in [1.29, 1.82) is 0 Å². The van der Waals surface area contributed by atoms with E-state index in [9.17, 15) is 9.59 Å². The zero-order chi connectivity index (χ0) is 12.0. The predicted molar refractivity (Wildman–Crippen MR) is 68.1 cm³/mol. The molecule has 3 amide bonds. The highest BCUT2D eigenvalue weighted by Gasteiger charge is 2.22. The zero-order valence-corrected chi connectivity index (χ0v) is 11.0. The summed E-state index contributed by atoms with van der Waals surface area (Å²) >= 11 is 0. The first-order valence-corrected chi connectivity index (χ1v) is 5.69. The van der Waals surface area contributed by atoms with Crippen molar-refractivity contribution in [3.8, 4) is 0 Å². The number of carbonyl (C=O) groups excluding carboxylic acids is 2. The molecule has 6 nitrogen and oxygen atoms in total. The van der Waals surface area contributed by atoms with Crippen LogP contribution < -0.4 is 11.1 Å². The first-order chi connectivity index (χ1) is 7.69. The number of carbonyl (C=O) groups is 2. The number of nitrogens with one attached hydrogen (secondary N) is 1. The molecule has 0 spiro atoms. The molecule has 1 aliphatic heterocycles. The minimum atomic E-state index is -0.0478. The van der Waals surface area contributed by atoms with Gasteiger partial charge in [-0.05, 0) is 6.92 Å². The van der Waals surface area contributed by atoms with Crippen LogP contribution in [-0.2, 0) is 4.79 Å². The number of rotatable bonds is 3. The fourth-order valence-corrected chi connectivity index (χ4v) is 1.70. The van der Waals surface area contributed by atoms with E-state index in [1.54, 1.807) is 9.80 Å². The molecule has 1 aliphatic rings. The molecule has 1 fully saturated rings. The highest BCUT2D eigenvalue weighted by molar-refractivity contribution is 5.85. The molecule has 1 saturated heterocycles. The highest BCUT2D eigenvalue weighted by Crippen LogP contribution is 2.03. The lowest BCUT2D eigenvalue weighted by Gasteiger charge is -2.34. The largest absolute Gasteiger partial charge is 0.339 e. The van der Waals surface area contributed by atoms with Crippen molar-refractivity contribution >= 4 is 24.3 Å². The van der Waals surface area contributed by atoms with Crippen LogP contribution in [0, 0.1) is 0 Å². The van der Waals surface area contributed by atoms with Gasteiger partial charge in [-0.1, -0.05) is 0 Å². The van der Waals surface area contributed by atoms with Crippen molar-refractivity contribution in [2.24, 2.45) is 5.73 Å². The van der Waals surface area contributed by atoms with Gasteiger partial charge in [-0.15, -0.1) is 12.4 Å². The van der Waals surface area contributed by atoms with Gasteiger partial charge in [-0.3, -0.25) is 4.79 Å². The zero-order valence-electron chi connectivity index (χ0n) is 10.1. The maximum absolute atomic E-state index is 11.5. The molecule has 0 radical (unpaired) electrons. The minimum absolute atomic E-state index is 0. The molecule has 0 bridgehead atoms. The number of urea groups is 1. The van der Waals surface area contributed by atoms with Crippen LogP contribution in [0.3, 0.4) is 0 Å². The van der Waals surface area contributed by atoms with Gasteiger partial charge in [-0.25, -0.2) is 4.79 Å². The monoisotopic (exact) mass is 264 g/mol. The van der Waals surface area contributed by atoms with Crippen molar-refractivity contribution < 1.29 is 9.59 Å². The van der Waals surface area contributed by atoms with Gasteiger partial charge in [0.2, 0.25) is 5.91 Å². The average molecular weight is 265 g/mol. The lowest BCUT2D eigenvalue weighted by atomic mass is 10.3. The van der Waals surface area contributed by atoms with E-state index in [2.05, 4.69) is 5.32 Å². The Kier molecular flexibility index (Phi) is 7.65. The van der Waals surface area contributed by atoms with E-state index < -0.39 is 0 Å². The molecule has 3 N–H and O–H groups in total. The standard InChI is InChI=1S/C10H20N4O2.ClH/c1-2-12-10(16)14-7-5-13(6-8-14)9(15)3-4-11;/h2-8,11H2,1H3,(H,12,16);1H. The van der Waals surface area contributed by atoms with E-state index in [0.29, 0.717) is 45.7 Å². The number of amides is 3. The molecule has 17 heavy (non-hydrogen) atoms. The Labute approximate surface area is 108 Å². The van der Waals surface area contributed by atoms with Crippen LogP contribution in [0.1, 0.15) is 13.3 Å². The van der Waals surface area contributed by atoms with Crippen LogP contribution in [0.25, 0.3) is 0 Å². The third kappa shape index (κ3) is 4.79. The fourth-order valence-electron chi connectivity index (χ4n) is 1.70. The second-order valence-corrected chi connectivity index (χ2v) is 3.74. The van der Waals surface area contributed by atoms with Crippen molar-refractivity contribution in [3.05, 3.63) is 0 Å². The number of nitrogens with zero attached hydrogens (tertiary/aromatic N) is 2. The Morgan fingerprint density at radius 3 is 2.18 bits per heavy atom. The van der Waals surface area contributed by atoms with Gasteiger partial charge in [0.15, 0.2) is 0 Å². The molecule has 0 aromatic heterocycles. The molecule has 0 saturated carbocycles. The Balaban J connectivity index is 0.00000256. The number of halogens is 1. The van der Waals surface area contributed by atoms with Crippen LogP contribution in [0.2, 0.25) is 0 Å². The molecule has 7 heteroatoms. The molecule has 0 aromatic rings. The summed E-state index contributed by atoms with van der Waals surface area (Å²) in [5.41, 5.74) is 5.33. The molecule has 100 valence electrons. The van der Waals surface area contributed by atoms with Crippen molar-refractivity contribution in [3.63, 3.8) is 0 Å². The van der Waals surface area contributed by atoms with Gasteiger partial charge in [-0.2, -0.15) is 0 Å². The number of hydrogen-bond donors (Lipinski definition) is 2. The summed E-state index contributed by atoms with van der Waals surface area (Å²) in [5, 5.41) is 2.75. The van der Waals surface area contributed by atoms with E-state index in [4.69, 9.17) is 5.73 Å². The smallest absolute Gasteiger partial charge is 0.317 e. The topological polar surface area (TPSA) is 78.7 Å². The Bertz CT molecular complexity index is 229. The quantitative estimate of drug-likeness (QED) is 0.730. The average Bonchev–Trinajstić information content (AvgIpc) is 2.30. The summed E-state index contributed by atoms with van der Waals surface area (Å²) in [6.07, 6.45) is 0.390. The molecule has 0 unspecified atom stereocenters. The molecule has 0 atom stereocenters. The molecular weight excluding hydrogens is 244 g/mol. The molecule has 0 aromatic carbocycles. The van der Waals surface area contributed by atoms with E-state index in [-0.39, 0.29) is 24.3 Å². The minimum Gasteiger partial charge on any atom is -0.339 e. The SMILES string of the molecule is CCNC(=O)N1CCN(C(=O)CCN)CC1.Cl. The van der Waals surface area contributed by atoms with E-state index in [1.807, 2.05) is 6.92 Å². The van der Waals surface area contributed by atoms with Crippen LogP contribution >= 0.6 is 12.4 Å². The molecular formula is C10H21ClN4O2. The first-order valence-electron chi connectivity index (χ1n) is 5.69. The lowest BCUT2D eigenvalue weighted by Crippen LogP contribution is -2.53. The predicted octanol–water partition coefficient (Wildman–Crippen LogP) is -0.369. The van der Waals surface area contributed by atoms with Gasteiger partial charge in [0, 0.05) is 45.7 Å². The molecule has 1 rings (SSSR count). The highest BCUT2D eigenvalue weighted by atomic mass is 35.5. The van der Waals surface area contributed by atoms with Gasteiger partial charge in [0.25, 0.3) is 0 Å². The number of nitrogens with two attached hydrogens (primary N) is 1. The van der Waals surface area contributed by atoms with Crippen LogP contribution in [0.15, 0.2) is 0 Å². The summed E-state index contributed by atoms with van der Waals surface area (Å²) in [5.74, 6) is 0.0815. The molecule has 0 aliphatic carbocycles. The summed E-state index contributed by atoms with van der Waals surface area (Å²) in [7, 11) is 0. The number of hydrogen-bond acceptors (Lipinski definition) is 3. The van der Waals surface area contributed by atoms with Crippen LogP contribution in [-0.4, -0.2) is 61.0 Å². The van der Waals surface area contributed by atoms with Gasteiger partial charge < -0.3 is 20.9 Å². The maximum Gasteiger partial charge on any atom is 0.317 e. The maximum atomic E-state index is 11.5. The van der Waals surface area contributed by atoms with Gasteiger partial charge in [0.1, 0.15) is 0 Å². The normalized spacial score (nSPS) is 15.2. The summed E-state index contributed by atoms with van der Waals surface area (Å²) in [6.45, 7) is 5.32. The summed E-state index contributed by atoms with van der Waals surface area (Å²) < 4.78 is 0. The van der Waals surface area contributed by atoms with Gasteiger partial charge in [0.05, 0.1) is 0 Å². The fraction of sp³-hybridized carbons (Fsp3) is 0.800. The van der Waals surface area contributed by atoms with E-state index in [1.165, 1.54) is 0 Å². The first kappa shape index (κ1) is 16.0. The second-order valence-electron chi connectivity index (χ2n) is 3.74. The Hall–Kier alpha value is -1.01. The van der Waals surface area contributed by atoms with Crippen molar-refractivity contribution in [1.82, 2.24) is 15.1 Å². The van der Waals surface area contributed by atoms with Crippen LogP contribution in [0.5, 0.6) is 0 Å². The van der Waals surface area contributed by atoms with Crippen molar-refractivity contribution in [2.75, 3.05) is 39.3 Å². The summed E-state index contributed by atoms with van der Waals surface area (Å²) in [6, 6.07) is -0.0478. The number of piperazine rings is 1. The third-order valence-corrected chi connectivity index (χ3v) is 2.61. The summed E-state index contributed by atoms with van der Waals surface area (Å²) in [4.78, 5) is 26.5.